The standard InChI is InChI=1S/C26H31N3O7S/c1-2-33-20-6-4-19(5-7-20)24-28-26(25(36-24)27-10-3-11-29-12-14-32-15-13-29)37(30,31)21-8-9-22-23(18-21)35-17-16-34-22/h4-9,18,27H,2-3,10-17H2,1H3. The molecule has 1 aromatic heterocycles. The van der Waals surface area contributed by atoms with Crippen LogP contribution in [0.2, 0.25) is 0 Å². The van der Waals surface area contributed by atoms with Gasteiger partial charge in [-0.2, -0.15) is 4.98 Å². The van der Waals surface area contributed by atoms with Crippen LogP contribution < -0.4 is 19.5 Å². The first-order chi connectivity index (χ1) is 18.0. The molecule has 0 saturated carbocycles. The molecule has 3 heterocycles. The van der Waals surface area contributed by atoms with Crippen LogP contribution in [0.25, 0.3) is 11.5 Å². The molecule has 10 nitrogen and oxygen atoms in total. The summed E-state index contributed by atoms with van der Waals surface area (Å²) in [6, 6.07) is 11.7. The van der Waals surface area contributed by atoms with E-state index in [4.69, 9.17) is 23.4 Å². The fourth-order valence-corrected chi connectivity index (χ4v) is 5.51. The van der Waals surface area contributed by atoms with Crippen molar-refractivity contribution < 1.29 is 31.8 Å². The highest BCUT2D eigenvalue weighted by Gasteiger charge is 2.30. The Balaban J connectivity index is 1.41. The maximum atomic E-state index is 13.7. The van der Waals surface area contributed by atoms with Crippen molar-refractivity contribution in [3.63, 3.8) is 0 Å². The molecule has 37 heavy (non-hydrogen) atoms. The molecule has 0 bridgehead atoms. The number of nitrogens with one attached hydrogen (secondary N) is 1. The number of fused-ring (bicyclic) bond motifs is 1. The summed E-state index contributed by atoms with van der Waals surface area (Å²) in [5.41, 5.74) is 0.642. The Kier molecular flexibility index (Phi) is 7.82. The van der Waals surface area contributed by atoms with E-state index in [9.17, 15) is 8.42 Å². The van der Waals surface area contributed by atoms with Gasteiger partial charge in [-0.1, -0.05) is 0 Å². The Hall–Kier alpha value is -3.28. The molecule has 0 unspecified atom stereocenters. The Morgan fingerprint density at radius 1 is 1.00 bits per heavy atom. The van der Waals surface area contributed by atoms with Crippen LogP contribution in [0.1, 0.15) is 13.3 Å². The van der Waals surface area contributed by atoms with Crippen molar-refractivity contribution in [2.45, 2.75) is 23.3 Å². The third kappa shape index (κ3) is 5.84. The number of benzene rings is 2. The van der Waals surface area contributed by atoms with Crippen LogP contribution in [0.4, 0.5) is 5.88 Å². The van der Waals surface area contributed by atoms with Crippen LogP contribution in [0.3, 0.4) is 0 Å². The van der Waals surface area contributed by atoms with Crippen molar-refractivity contribution in [3.8, 4) is 28.7 Å². The SMILES string of the molecule is CCOc1ccc(-c2nc(S(=O)(=O)c3ccc4c(c3)OCCO4)c(NCCCN3CCOCC3)o2)cc1. The van der Waals surface area contributed by atoms with Gasteiger partial charge in [0.05, 0.1) is 24.7 Å². The van der Waals surface area contributed by atoms with Gasteiger partial charge in [0.15, 0.2) is 11.5 Å². The van der Waals surface area contributed by atoms with Crippen molar-refractivity contribution in [3.05, 3.63) is 42.5 Å². The van der Waals surface area contributed by atoms with Gasteiger partial charge in [-0.05, 0) is 56.3 Å². The lowest BCUT2D eigenvalue weighted by atomic mass is 10.2. The quantitative estimate of drug-likeness (QED) is 0.392. The van der Waals surface area contributed by atoms with Crippen LogP contribution >= 0.6 is 0 Å². The van der Waals surface area contributed by atoms with E-state index in [-0.39, 0.29) is 21.7 Å². The molecule has 0 amide bonds. The number of ether oxygens (including phenoxy) is 4. The van der Waals surface area contributed by atoms with Crippen LogP contribution in [0.5, 0.6) is 17.2 Å². The molecule has 1 saturated heterocycles. The van der Waals surface area contributed by atoms with Gasteiger partial charge in [0, 0.05) is 31.3 Å². The van der Waals surface area contributed by atoms with Crippen LogP contribution in [0.15, 0.2) is 56.8 Å². The Labute approximate surface area is 216 Å². The monoisotopic (exact) mass is 529 g/mol. The summed E-state index contributed by atoms with van der Waals surface area (Å²) in [6.45, 7) is 7.91. The fraction of sp³-hybridized carbons (Fsp3) is 0.423. The maximum absolute atomic E-state index is 13.7. The van der Waals surface area contributed by atoms with E-state index in [1.807, 2.05) is 6.92 Å². The summed E-state index contributed by atoms with van der Waals surface area (Å²) in [7, 11) is -4.02. The lowest BCUT2D eigenvalue weighted by Crippen LogP contribution is -2.37. The normalized spacial score (nSPS) is 15.9. The zero-order chi connectivity index (χ0) is 25.7. The summed E-state index contributed by atoms with van der Waals surface area (Å²) in [6.07, 6.45) is 0.808. The Morgan fingerprint density at radius 2 is 1.76 bits per heavy atom. The van der Waals surface area contributed by atoms with E-state index < -0.39 is 9.84 Å². The number of sulfone groups is 1. The Morgan fingerprint density at radius 3 is 2.51 bits per heavy atom. The van der Waals surface area contributed by atoms with Gasteiger partial charge < -0.3 is 28.7 Å². The van der Waals surface area contributed by atoms with Crippen molar-refractivity contribution in [2.24, 2.45) is 0 Å². The number of oxazole rings is 1. The summed E-state index contributed by atoms with van der Waals surface area (Å²) >= 11 is 0. The largest absolute Gasteiger partial charge is 0.494 e. The average Bonchev–Trinajstić information content (AvgIpc) is 3.37. The molecule has 3 aromatic rings. The van der Waals surface area contributed by atoms with E-state index in [1.54, 1.807) is 30.3 Å². The van der Waals surface area contributed by atoms with E-state index >= 15 is 0 Å². The minimum absolute atomic E-state index is 0.0552. The second kappa shape index (κ2) is 11.4. The molecule has 0 spiro atoms. The van der Waals surface area contributed by atoms with E-state index in [1.165, 1.54) is 12.1 Å². The van der Waals surface area contributed by atoms with Gasteiger partial charge in [0.1, 0.15) is 19.0 Å². The van der Waals surface area contributed by atoms with Crippen LogP contribution in [-0.2, 0) is 14.6 Å². The average molecular weight is 530 g/mol. The second-order valence-electron chi connectivity index (χ2n) is 8.65. The maximum Gasteiger partial charge on any atom is 0.233 e. The van der Waals surface area contributed by atoms with Crippen molar-refractivity contribution in [2.75, 3.05) is 64.5 Å². The number of hydrogen-bond donors (Lipinski definition) is 1. The number of morpholine rings is 1. The highest BCUT2D eigenvalue weighted by Crippen LogP contribution is 2.37. The third-order valence-corrected chi connectivity index (χ3v) is 7.79. The van der Waals surface area contributed by atoms with Gasteiger partial charge in [-0.3, -0.25) is 4.90 Å². The second-order valence-corrected chi connectivity index (χ2v) is 10.5. The molecule has 2 aliphatic rings. The molecule has 1 N–H and O–H groups in total. The smallest absolute Gasteiger partial charge is 0.233 e. The lowest BCUT2D eigenvalue weighted by Gasteiger charge is -2.26. The molecule has 5 rings (SSSR count). The van der Waals surface area contributed by atoms with Gasteiger partial charge in [-0.15, -0.1) is 0 Å². The van der Waals surface area contributed by atoms with E-state index in [0.717, 1.165) is 39.3 Å². The molecule has 2 aromatic carbocycles. The molecule has 0 atom stereocenters. The molecular formula is C26H31N3O7S. The first-order valence-corrected chi connectivity index (χ1v) is 14.0. The topological polar surface area (TPSA) is 112 Å². The lowest BCUT2D eigenvalue weighted by molar-refractivity contribution is 0.0378. The highest BCUT2D eigenvalue weighted by atomic mass is 32.2. The van der Waals surface area contributed by atoms with Gasteiger partial charge in [-0.25, -0.2) is 8.42 Å². The number of anilines is 1. The number of rotatable bonds is 10. The minimum atomic E-state index is -4.02. The van der Waals surface area contributed by atoms with Crippen molar-refractivity contribution in [1.82, 2.24) is 9.88 Å². The first-order valence-electron chi connectivity index (χ1n) is 12.5. The highest BCUT2D eigenvalue weighted by molar-refractivity contribution is 7.91. The molecule has 2 aliphatic heterocycles. The van der Waals surface area contributed by atoms with Crippen LogP contribution in [0, 0.1) is 0 Å². The first kappa shape index (κ1) is 25.4. The summed E-state index contributed by atoms with van der Waals surface area (Å²) < 4.78 is 55.4. The summed E-state index contributed by atoms with van der Waals surface area (Å²) in [5, 5.41) is 3.00. The van der Waals surface area contributed by atoms with Gasteiger partial charge in [0.2, 0.25) is 26.6 Å². The molecule has 0 radical (unpaired) electrons. The zero-order valence-corrected chi connectivity index (χ0v) is 21.6. The zero-order valence-electron chi connectivity index (χ0n) is 20.8. The predicted molar refractivity (Wildman–Crippen MR) is 136 cm³/mol. The third-order valence-electron chi connectivity index (χ3n) is 6.13. The van der Waals surface area contributed by atoms with Gasteiger partial charge in [0.25, 0.3) is 0 Å². The van der Waals surface area contributed by atoms with Gasteiger partial charge >= 0.3 is 0 Å². The molecule has 11 heteroatoms. The summed E-state index contributed by atoms with van der Waals surface area (Å²) in [5.74, 6) is 1.93. The Bertz CT molecular complexity index is 1300. The number of hydrogen-bond acceptors (Lipinski definition) is 10. The fourth-order valence-electron chi connectivity index (χ4n) is 4.22. The van der Waals surface area contributed by atoms with Crippen LogP contribution in [-0.4, -0.2) is 77.5 Å². The van der Waals surface area contributed by atoms with Crippen molar-refractivity contribution >= 4 is 15.7 Å². The number of aromatic nitrogens is 1. The number of nitrogens with zero attached hydrogens (tertiary/aromatic N) is 2. The molecule has 0 aliphatic carbocycles. The molecule has 198 valence electrons. The molecular weight excluding hydrogens is 498 g/mol. The summed E-state index contributed by atoms with van der Waals surface area (Å²) in [4.78, 5) is 6.81. The van der Waals surface area contributed by atoms with Crippen molar-refractivity contribution in [1.29, 1.82) is 0 Å². The molecule has 1 fully saturated rings. The van der Waals surface area contributed by atoms with E-state index in [2.05, 4.69) is 15.2 Å². The van der Waals surface area contributed by atoms with E-state index in [0.29, 0.717) is 49.2 Å². The predicted octanol–water partition coefficient (Wildman–Crippen LogP) is 3.48. The minimum Gasteiger partial charge on any atom is -0.494 e.